The van der Waals surface area contributed by atoms with Gasteiger partial charge in [-0.1, -0.05) is 12.1 Å². The molecule has 1 atom stereocenters. The Bertz CT molecular complexity index is 633. The van der Waals surface area contributed by atoms with Gasteiger partial charge in [0.15, 0.2) is 0 Å². The third-order valence-electron chi connectivity index (χ3n) is 4.04. The average molecular weight is 330 g/mol. The van der Waals surface area contributed by atoms with E-state index in [4.69, 9.17) is 0 Å². The number of nitrogens with one attached hydrogen (secondary N) is 2. The molecule has 1 aromatic heterocycles. The van der Waals surface area contributed by atoms with E-state index in [1.165, 1.54) is 18.6 Å². The van der Waals surface area contributed by atoms with E-state index in [-0.39, 0.29) is 10.8 Å². The molecule has 2 heterocycles. The number of rotatable bonds is 5. The molecular weight excluding hydrogens is 308 g/mol. The first-order valence-electron chi connectivity index (χ1n) is 7.88. The lowest BCUT2D eigenvalue weighted by Gasteiger charge is -2.22. The van der Waals surface area contributed by atoms with Gasteiger partial charge in [0.2, 0.25) is 0 Å². The van der Waals surface area contributed by atoms with E-state index < -0.39 is 0 Å². The number of benzene rings is 1. The van der Waals surface area contributed by atoms with Crippen molar-refractivity contribution in [3.05, 3.63) is 48.3 Å². The molecule has 6 heteroatoms. The molecule has 1 fully saturated rings. The van der Waals surface area contributed by atoms with Gasteiger partial charge in [-0.2, -0.15) is 16.9 Å². The number of hydrogen-bond acceptors (Lipinski definition) is 3. The number of urea groups is 1. The summed E-state index contributed by atoms with van der Waals surface area (Å²) in [5, 5.41) is 10.1. The highest BCUT2D eigenvalue weighted by atomic mass is 32.2. The Kier molecular flexibility index (Phi) is 4.91. The van der Waals surface area contributed by atoms with E-state index in [0.29, 0.717) is 6.54 Å². The zero-order valence-electron chi connectivity index (χ0n) is 13.3. The topological polar surface area (TPSA) is 59.0 Å². The van der Waals surface area contributed by atoms with E-state index in [1.54, 1.807) is 6.20 Å². The molecule has 122 valence electrons. The minimum atomic E-state index is -0.140. The van der Waals surface area contributed by atoms with Gasteiger partial charge in [0.05, 0.1) is 6.54 Å². The lowest BCUT2D eigenvalue weighted by molar-refractivity contribution is 0.251. The van der Waals surface area contributed by atoms with Crippen LogP contribution in [0.4, 0.5) is 10.5 Å². The first-order valence-corrected chi connectivity index (χ1v) is 8.87. The standard InChI is InChI=1S/C17H22N4OS/c1-17(8-2-11-23-17)13-18-16(22)20-15-6-4-14(5-7-15)12-21-10-3-9-19-21/h3-7,9-10H,2,8,11-13H2,1H3,(H2,18,20,22). The lowest BCUT2D eigenvalue weighted by atomic mass is 10.1. The number of thioether (sulfide) groups is 1. The van der Waals surface area contributed by atoms with Gasteiger partial charge in [0, 0.05) is 29.4 Å². The summed E-state index contributed by atoms with van der Waals surface area (Å²) >= 11 is 1.95. The molecule has 0 bridgehead atoms. The van der Waals surface area contributed by atoms with Gasteiger partial charge in [-0.05, 0) is 49.3 Å². The molecule has 0 aliphatic carbocycles. The predicted molar refractivity (Wildman–Crippen MR) is 94.9 cm³/mol. The number of aromatic nitrogens is 2. The first-order chi connectivity index (χ1) is 11.1. The van der Waals surface area contributed by atoms with Crippen molar-refractivity contribution in [2.75, 3.05) is 17.6 Å². The van der Waals surface area contributed by atoms with Crippen molar-refractivity contribution in [1.29, 1.82) is 0 Å². The summed E-state index contributed by atoms with van der Waals surface area (Å²) in [6.07, 6.45) is 6.10. The minimum absolute atomic E-state index is 0.140. The Balaban J connectivity index is 1.48. The number of anilines is 1. The summed E-state index contributed by atoms with van der Waals surface area (Å²) in [7, 11) is 0. The molecule has 2 aromatic rings. The van der Waals surface area contributed by atoms with Crippen LogP contribution in [0.5, 0.6) is 0 Å². The molecule has 1 aromatic carbocycles. The van der Waals surface area contributed by atoms with Crippen LogP contribution in [0.15, 0.2) is 42.7 Å². The summed E-state index contributed by atoms with van der Waals surface area (Å²) in [4.78, 5) is 12.0. The Hall–Kier alpha value is -1.95. The molecule has 0 radical (unpaired) electrons. The van der Waals surface area contributed by atoms with Crippen molar-refractivity contribution in [2.24, 2.45) is 0 Å². The maximum Gasteiger partial charge on any atom is 0.319 e. The molecule has 5 nitrogen and oxygen atoms in total. The fraction of sp³-hybridized carbons (Fsp3) is 0.412. The Morgan fingerprint density at radius 3 is 2.87 bits per heavy atom. The monoisotopic (exact) mass is 330 g/mol. The highest BCUT2D eigenvalue weighted by Crippen LogP contribution is 2.36. The van der Waals surface area contributed by atoms with Gasteiger partial charge in [-0.25, -0.2) is 4.79 Å². The number of amides is 2. The van der Waals surface area contributed by atoms with Gasteiger partial charge in [-0.3, -0.25) is 4.68 Å². The predicted octanol–water partition coefficient (Wildman–Crippen LogP) is 3.34. The normalized spacial score (nSPS) is 20.4. The molecule has 1 aliphatic rings. The fourth-order valence-corrected chi connectivity index (χ4v) is 3.94. The fourth-order valence-electron chi connectivity index (χ4n) is 2.69. The molecule has 3 rings (SSSR count). The zero-order chi connectivity index (χ0) is 16.1. The van der Waals surface area contributed by atoms with Crippen LogP contribution in [0.25, 0.3) is 0 Å². The molecule has 2 amide bonds. The maximum absolute atomic E-state index is 12.0. The largest absolute Gasteiger partial charge is 0.336 e. The van der Waals surface area contributed by atoms with Crippen LogP contribution < -0.4 is 10.6 Å². The third-order valence-corrected chi connectivity index (χ3v) is 5.58. The SMILES string of the molecule is CC1(CNC(=O)Nc2ccc(Cn3cccn3)cc2)CCCS1. The number of carbonyl (C=O) groups excluding carboxylic acids is 1. The quantitative estimate of drug-likeness (QED) is 0.884. The van der Waals surface area contributed by atoms with Crippen LogP contribution in [0.2, 0.25) is 0 Å². The second-order valence-corrected chi connectivity index (χ2v) is 7.79. The van der Waals surface area contributed by atoms with Gasteiger partial charge in [0.1, 0.15) is 0 Å². The Morgan fingerprint density at radius 2 is 2.22 bits per heavy atom. The van der Waals surface area contributed by atoms with E-state index in [9.17, 15) is 4.79 Å². The number of nitrogens with zero attached hydrogens (tertiary/aromatic N) is 2. The maximum atomic E-state index is 12.0. The molecule has 23 heavy (non-hydrogen) atoms. The summed E-state index contributed by atoms with van der Waals surface area (Å²) in [5.74, 6) is 1.19. The summed E-state index contributed by atoms with van der Waals surface area (Å²) in [5.41, 5.74) is 1.95. The van der Waals surface area contributed by atoms with Crippen LogP contribution in [-0.4, -0.2) is 32.9 Å². The summed E-state index contributed by atoms with van der Waals surface area (Å²) < 4.78 is 2.06. The second-order valence-electron chi connectivity index (χ2n) is 6.11. The Morgan fingerprint density at radius 1 is 1.39 bits per heavy atom. The molecular formula is C17H22N4OS. The summed E-state index contributed by atoms with van der Waals surface area (Å²) in [6, 6.07) is 9.62. The first kappa shape index (κ1) is 15.9. The average Bonchev–Trinajstić information content (AvgIpc) is 3.20. The van der Waals surface area contributed by atoms with Crippen molar-refractivity contribution in [3.63, 3.8) is 0 Å². The van der Waals surface area contributed by atoms with Crippen LogP contribution in [0, 0.1) is 0 Å². The number of hydrogen-bond donors (Lipinski definition) is 2. The van der Waals surface area contributed by atoms with E-state index in [2.05, 4.69) is 22.7 Å². The molecule has 2 N–H and O–H groups in total. The van der Waals surface area contributed by atoms with E-state index >= 15 is 0 Å². The van der Waals surface area contributed by atoms with Gasteiger partial charge < -0.3 is 10.6 Å². The van der Waals surface area contributed by atoms with Crippen molar-refractivity contribution >= 4 is 23.5 Å². The van der Waals surface area contributed by atoms with Crippen LogP contribution in [0.3, 0.4) is 0 Å². The van der Waals surface area contributed by atoms with Crippen molar-refractivity contribution in [3.8, 4) is 0 Å². The van der Waals surface area contributed by atoms with Crippen LogP contribution in [-0.2, 0) is 6.54 Å². The van der Waals surface area contributed by atoms with E-state index in [0.717, 1.165) is 17.8 Å². The minimum Gasteiger partial charge on any atom is -0.336 e. The van der Waals surface area contributed by atoms with Gasteiger partial charge in [-0.15, -0.1) is 0 Å². The highest BCUT2D eigenvalue weighted by Gasteiger charge is 2.29. The van der Waals surface area contributed by atoms with Crippen molar-refractivity contribution in [1.82, 2.24) is 15.1 Å². The lowest BCUT2D eigenvalue weighted by Crippen LogP contribution is -2.39. The van der Waals surface area contributed by atoms with Crippen molar-refractivity contribution < 1.29 is 4.79 Å². The molecule has 1 unspecified atom stereocenters. The zero-order valence-corrected chi connectivity index (χ0v) is 14.1. The molecule has 0 spiro atoms. The smallest absolute Gasteiger partial charge is 0.319 e. The third kappa shape index (κ3) is 4.51. The van der Waals surface area contributed by atoms with Crippen LogP contribution in [0.1, 0.15) is 25.3 Å². The summed E-state index contributed by atoms with van der Waals surface area (Å²) in [6.45, 7) is 3.66. The number of carbonyl (C=O) groups is 1. The Labute approximate surface area is 140 Å². The molecule has 1 saturated heterocycles. The highest BCUT2D eigenvalue weighted by molar-refractivity contribution is 8.00. The van der Waals surface area contributed by atoms with Gasteiger partial charge >= 0.3 is 6.03 Å². The molecule has 0 saturated carbocycles. The van der Waals surface area contributed by atoms with Crippen molar-refractivity contribution in [2.45, 2.75) is 31.1 Å². The second kappa shape index (κ2) is 7.08. The van der Waals surface area contributed by atoms with E-state index in [1.807, 2.05) is 53.0 Å². The van der Waals surface area contributed by atoms with Crippen LogP contribution >= 0.6 is 11.8 Å². The molecule has 1 aliphatic heterocycles. The van der Waals surface area contributed by atoms with Gasteiger partial charge in [0.25, 0.3) is 0 Å².